The maximum Gasteiger partial charge on any atom is 0.257 e. The number of nitrogens with two attached hydrogens (primary N) is 1. The third kappa shape index (κ3) is 1.21. The summed E-state index contributed by atoms with van der Waals surface area (Å²) in [5.41, 5.74) is 5.77. The molecular formula is C7H11N3O2. The van der Waals surface area contributed by atoms with Gasteiger partial charge in [0, 0.05) is 12.6 Å². The van der Waals surface area contributed by atoms with Crippen molar-refractivity contribution in [2.45, 2.75) is 25.5 Å². The summed E-state index contributed by atoms with van der Waals surface area (Å²) in [7, 11) is 0. The van der Waals surface area contributed by atoms with Gasteiger partial charge in [0.15, 0.2) is 11.9 Å². The van der Waals surface area contributed by atoms with E-state index in [9.17, 15) is 0 Å². The van der Waals surface area contributed by atoms with Gasteiger partial charge in [-0.3, -0.25) is 0 Å². The summed E-state index contributed by atoms with van der Waals surface area (Å²) in [6.07, 6.45) is 0.651. The fourth-order valence-electron chi connectivity index (χ4n) is 1.29. The SMILES string of the molecule is Cc1noc([C@@H]2OCC[C@H]2N)n1. The number of aryl methyl sites for hydroxylation is 1. The Labute approximate surface area is 69.9 Å². The zero-order valence-electron chi connectivity index (χ0n) is 6.86. The van der Waals surface area contributed by atoms with Crippen LogP contribution >= 0.6 is 0 Å². The van der Waals surface area contributed by atoms with Gasteiger partial charge in [-0.05, 0) is 13.3 Å². The van der Waals surface area contributed by atoms with Gasteiger partial charge in [-0.2, -0.15) is 4.98 Å². The first kappa shape index (κ1) is 7.70. The predicted octanol–water partition coefficient (Wildman–Crippen LogP) is 0.167. The molecule has 1 aliphatic rings. The molecule has 0 unspecified atom stereocenters. The van der Waals surface area contributed by atoms with Gasteiger partial charge in [-0.25, -0.2) is 0 Å². The van der Waals surface area contributed by atoms with Gasteiger partial charge in [0.05, 0.1) is 0 Å². The maximum atomic E-state index is 5.77. The molecule has 2 atom stereocenters. The first-order chi connectivity index (χ1) is 5.77. The molecule has 5 heteroatoms. The predicted molar refractivity (Wildman–Crippen MR) is 40.3 cm³/mol. The third-order valence-electron chi connectivity index (χ3n) is 1.92. The Morgan fingerprint density at radius 2 is 2.42 bits per heavy atom. The molecule has 0 aromatic carbocycles. The van der Waals surface area contributed by atoms with Crippen LogP contribution in [0.4, 0.5) is 0 Å². The van der Waals surface area contributed by atoms with Gasteiger partial charge < -0.3 is 15.0 Å². The average Bonchev–Trinajstić information content (AvgIpc) is 2.58. The van der Waals surface area contributed by atoms with Crippen LogP contribution in [0, 0.1) is 6.92 Å². The van der Waals surface area contributed by atoms with Crippen LogP contribution in [0.15, 0.2) is 4.52 Å². The molecule has 0 saturated carbocycles. The quantitative estimate of drug-likeness (QED) is 0.648. The van der Waals surface area contributed by atoms with Gasteiger partial charge in [-0.1, -0.05) is 5.16 Å². The Morgan fingerprint density at radius 1 is 1.58 bits per heavy atom. The van der Waals surface area contributed by atoms with E-state index in [1.807, 2.05) is 0 Å². The summed E-state index contributed by atoms with van der Waals surface area (Å²) in [6, 6.07) is -0.00940. The number of nitrogens with zero attached hydrogens (tertiary/aromatic N) is 2. The molecule has 1 saturated heterocycles. The zero-order valence-corrected chi connectivity index (χ0v) is 6.86. The lowest BCUT2D eigenvalue weighted by atomic mass is 10.1. The Hall–Kier alpha value is -0.940. The van der Waals surface area contributed by atoms with Gasteiger partial charge >= 0.3 is 0 Å². The molecule has 2 N–H and O–H groups in total. The summed E-state index contributed by atoms with van der Waals surface area (Å²) in [4.78, 5) is 4.06. The fourth-order valence-corrected chi connectivity index (χ4v) is 1.29. The van der Waals surface area contributed by atoms with Gasteiger partial charge in [0.1, 0.15) is 0 Å². The largest absolute Gasteiger partial charge is 0.367 e. The highest BCUT2D eigenvalue weighted by atomic mass is 16.5. The normalized spacial score (nSPS) is 29.5. The lowest BCUT2D eigenvalue weighted by Gasteiger charge is -2.07. The van der Waals surface area contributed by atoms with Crippen molar-refractivity contribution >= 4 is 0 Å². The van der Waals surface area contributed by atoms with Crippen LogP contribution in [0.5, 0.6) is 0 Å². The molecule has 2 rings (SSSR count). The summed E-state index contributed by atoms with van der Waals surface area (Å²) in [5, 5.41) is 3.67. The average molecular weight is 169 g/mol. The second-order valence-electron chi connectivity index (χ2n) is 2.92. The van der Waals surface area contributed by atoms with Crippen LogP contribution in [-0.2, 0) is 4.74 Å². The van der Waals surface area contributed by atoms with Crippen molar-refractivity contribution in [1.29, 1.82) is 0 Å². The molecule has 1 aromatic heterocycles. The molecule has 0 spiro atoms. The van der Waals surface area contributed by atoms with Crippen LogP contribution in [0.2, 0.25) is 0 Å². The molecule has 1 aromatic rings. The number of hydrogen-bond donors (Lipinski definition) is 1. The van der Waals surface area contributed by atoms with Crippen molar-refractivity contribution in [2.75, 3.05) is 6.61 Å². The van der Waals surface area contributed by atoms with Gasteiger partial charge in [-0.15, -0.1) is 0 Å². The minimum atomic E-state index is -0.203. The minimum Gasteiger partial charge on any atom is -0.367 e. The first-order valence-electron chi connectivity index (χ1n) is 3.95. The molecule has 0 bridgehead atoms. The van der Waals surface area contributed by atoms with Crippen LogP contribution in [0.25, 0.3) is 0 Å². The van der Waals surface area contributed by atoms with E-state index in [4.69, 9.17) is 15.0 Å². The maximum absolute atomic E-state index is 5.77. The Morgan fingerprint density at radius 3 is 2.92 bits per heavy atom. The molecule has 1 fully saturated rings. The Balaban J connectivity index is 2.19. The van der Waals surface area contributed by atoms with E-state index in [0.717, 1.165) is 6.42 Å². The highest BCUT2D eigenvalue weighted by Gasteiger charge is 2.30. The van der Waals surface area contributed by atoms with E-state index in [1.54, 1.807) is 6.92 Å². The van der Waals surface area contributed by atoms with Crippen molar-refractivity contribution < 1.29 is 9.26 Å². The van der Waals surface area contributed by atoms with E-state index < -0.39 is 0 Å². The van der Waals surface area contributed by atoms with Crippen molar-refractivity contribution in [3.8, 4) is 0 Å². The van der Waals surface area contributed by atoms with Crippen LogP contribution in [-0.4, -0.2) is 22.8 Å². The number of aromatic nitrogens is 2. The topological polar surface area (TPSA) is 74.2 Å². The standard InChI is InChI=1S/C7H11N3O2/c1-4-9-7(12-10-4)6-5(8)2-3-11-6/h5-6H,2-3,8H2,1H3/t5-,6-/m1/s1. The smallest absolute Gasteiger partial charge is 0.257 e. The van der Waals surface area contributed by atoms with E-state index in [2.05, 4.69) is 10.1 Å². The highest BCUT2D eigenvalue weighted by Crippen LogP contribution is 2.25. The lowest BCUT2D eigenvalue weighted by Crippen LogP contribution is -2.23. The van der Waals surface area contributed by atoms with E-state index >= 15 is 0 Å². The minimum absolute atomic E-state index is 0.00940. The third-order valence-corrected chi connectivity index (χ3v) is 1.92. The summed E-state index contributed by atoms with van der Waals surface area (Å²) in [6.45, 7) is 2.45. The lowest BCUT2D eigenvalue weighted by molar-refractivity contribution is 0.0767. The monoisotopic (exact) mass is 169 g/mol. The van der Waals surface area contributed by atoms with Crippen molar-refractivity contribution in [1.82, 2.24) is 10.1 Å². The van der Waals surface area contributed by atoms with Crippen molar-refractivity contribution in [2.24, 2.45) is 5.73 Å². The second-order valence-corrected chi connectivity index (χ2v) is 2.92. The molecular weight excluding hydrogens is 158 g/mol. The van der Waals surface area contributed by atoms with Crippen LogP contribution in [0.3, 0.4) is 0 Å². The first-order valence-corrected chi connectivity index (χ1v) is 3.95. The number of hydrogen-bond acceptors (Lipinski definition) is 5. The number of ether oxygens (including phenoxy) is 1. The number of rotatable bonds is 1. The highest BCUT2D eigenvalue weighted by molar-refractivity contribution is 4.95. The Kier molecular flexibility index (Phi) is 1.82. The summed E-state index contributed by atoms with van der Waals surface area (Å²) < 4.78 is 10.3. The molecule has 1 aliphatic heterocycles. The van der Waals surface area contributed by atoms with Gasteiger partial charge in [0.2, 0.25) is 0 Å². The molecule has 0 radical (unpaired) electrons. The van der Waals surface area contributed by atoms with Gasteiger partial charge in [0.25, 0.3) is 5.89 Å². The fraction of sp³-hybridized carbons (Fsp3) is 0.714. The molecule has 66 valence electrons. The molecule has 0 amide bonds. The van der Waals surface area contributed by atoms with E-state index in [0.29, 0.717) is 18.3 Å². The summed E-state index contributed by atoms with van der Waals surface area (Å²) in [5.74, 6) is 1.12. The molecule has 5 nitrogen and oxygen atoms in total. The Bertz CT molecular complexity index is 273. The van der Waals surface area contributed by atoms with Crippen LogP contribution in [0.1, 0.15) is 24.2 Å². The van der Waals surface area contributed by atoms with E-state index in [-0.39, 0.29) is 12.1 Å². The van der Waals surface area contributed by atoms with Crippen molar-refractivity contribution in [3.63, 3.8) is 0 Å². The second kappa shape index (κ2) is 2.84. The summed E-state index contributed by atoms with van der Waals surface area (Å²) >= 11 is 0. The van der Waals surface area contributed by atoms with Crippen LogP contribution < -0.4 is 5.73 Å². The van der Waals surface area contributed by atoms with Crippen molar-refractivity contribution in [3.05, 3.63) is 11.7 Å². The molecule has 2 heterocycles. The van der Waals surface area contributed by atoms with E-state index in [1.165, 1.54) is 0 Å². The molecule has 0 aliphatic carbocycles. The molecule has 12 heavy (non-hydrogen) atoms. The zero-order chi connectivity index (χ0) is 8.55.